The van der Waals surface area contributed by atoms with E-state index in [2.05, 4.69) is 4.98 Å². The molecule has 0 N–H and O–H groups in total. The maximum Gasteiger partial charge on any atom is 0.263 e. The molecule has 2 heterocycles. The molecule has 0 bridgehead atoms. The summed E-state index contributed by atoms with van der Waals surface area (Å²) < 4.78 is 0. The quantitative estimate of drug-likeness (QED) is 0.423. The molecule has 0 spiro atoms. The normalized spacial score (nSPS) is 14.1. The van der Waals surface area contributed by atoms with Crippen LogP contribution in [-0.2, 0) is 4.79 Å². The maximum atomic E-state index is 11.8. The summed E-state index contributed by atoms with van der Waals surface area (Å²) in [6, 6.07) is 1.54. The summed E-state index contributed by atoms with van der Waals surface area (Å²) in [5, 5.41) is 0. The fraction of sp³-hybridized carbons (Fsp3) is 0.273. The van der Waals surface area contributed by atoms with Gasteiger partial charge in [0, 0.05) is 25.4 Å². The minimum atomic E-state index is -0.320. The average molecular weight is 218 g/mol. The fourth-order valence-electron chi connectivity index (χ4n) is 1.67. The largest absolute Gasteiger partial charge is 0.303 e. The third-order valence-electron chi connectivity index (χ3n) is 2.48. The SMILES string of the molecule is O=CCCCN1C(=O)c2ccncc2C1=O. The van der Waals surface area contributed by atoms with Crippen molar-refractivity contribution in [3.63, 3.8) is 0 Å². The Morgan fingerprint density at radius 2 is 2.00 bits per heavy atom. The van der Waals surface area contributed by atoms with Crippen LogP contribution in [0.3, 0.4) is 0 Å². The summed E-state index contributed by atoms with van der Waals surface area (Å²) in [5.74, 6) is -0.618. The lowest BCUT2D eigenvalue weighted by Crippen LogP contribution is -2.30. The number of imide groups is 1. The standard InChI is InChI=1S/C11H10N2O3/c14-6-2-1-5-13-10(15)8-3-4-12-7-9(8)11(13)16/h3-4,6-7H,1-2,5H2. The molecule has 82 valence electrons. The molecule has 1 aromatic rings. The van der Waals surface area contributed by atoms with Crippen molar-refractivity contribution < 1.29 is 14.4 Å². The van der Waals surface area contributed by atoms with E-state index >= 15 is 0 Å². The number of aromatic nitrogens is 1. The van der Waals surface area contributed by atoms with E-state index in [4.69, 9.17) is 0 Å². The topological polar surface area (TPSA) is 67.3 Å². The predicted molar refractivity (Wildman–Crippen MR) is 54.9 cm³/mol. The van der Waals surface area contributed by atoms with E-state index in [1.165, 1.54) is 18.5 Å². The minimum Gasteiger partial charge on any atom is -0.303 e. The van der Waals surface area contributed by atoms with Crippen LogP contribution >= 0.6 is 0 Å². The van der Waals surface area contributed by atoms with E-state index in [9.17, 15) is 14.4 Å². The zero-order valence-corrected chi connectivity index (χ0v) is 8.55. The van der Waals surface area contributed by atoms with E-state index in [-0.39, 0.29) is 18.4 Å². The van der Waals surface area contributed by atoms with Gasteiger partial charge in [-0.2, -0.15) is 0 Å². The molecule has 0 aromatic carbocycles. The van der Waals surface area contributed by atoms with Gasteiger partial charge in [0.15, 0.2) is 0 Å². The molecule has 1 aliphatic rings. The van der Waals surface area contributed by atoms with Crippen molar-refractivity contribution in [1.82, 2.24) is 9.88 Å². The number of carbonyl (C=O) groups excluding carboxylic acids is 3. The Bertz CT molecular complexity index is 421. The second-order valence-corrected chi connectivity index (χ2v) is 3.49. The van der Waals surface area contributed by atoms with Gasteiger partial charge >= 0.3 is 0 Å². The van der Waals surface area contributed by atoms with Crippen molar-refractivity contribution in [2.75, 3.05) is 6.54 Å². The Hall–Kier alpha value is -2.04. The number of nitrogens with zero attached hydrogens (tertiary/aromatic N) is 2. The van der Waals surface area contributed by atoms with E-state index in [1.54, 1.807) is 0 Å². The summed E-state index contributed by atoms with van der Waals surface area (Å²) in [5.41, 5.74) is 0.740. The van der Waals surface area contributed by atoms with Crippen LogP contribution in [0.4, 0.5) is 0 Å². The Kier molecular flexibility index (Phi) is 2.76. The van der Waals surface area contributed by atoms with E-state index in [1.807, 2.05) is 0 Å². The van der Waals surface area contributed by atoms with Crippen LogP contribution in [0, 0.1) is 0 Å². The number of carbonyl (C=O) groups is 3. The van der Waals surface area contributed by atoms with Gasteiger partial charge < -0.3 is 4.79 Å². The van der Waals surface area contributed by atoms with Gasteiger partial charge in [0.05, 0.1) is 11.1 Å². The molecular weight excluding hydrogens is 208 g/mol. The second-order valence-electron chi connectivity index (χ2n) is 3.49. The molecule has 2 amide bonds. The third kappa shape index (κ3) is 1.60. The number of rotatable bonds is 4. The van der Waals surface area contributed by atoms with Crippen LogP contribution in [0.15, 0.2) is 18.5 Å². The molecule has 0 unspecified atom stereocenters. The zero-order chi connectivity index (χ0) is 11.5. The van der Waals surface area contributed by atoms with Crippen LogP contribution in [0.2, 0.25) is 0 Å². The molecule has 0 fully saturated rings. The fourth-order valence-corrected chi connectivity index (χ4v) is 1.67. The average Bonchev–Trinajstić information content (AvgIpc) is 2.55. The Labute approximate surface area is 92.1 Å². The summed E-state index contributed by atoms with van der Waals surface area (Å²) in [7, 11) is 0. The molecule has 1 aromatic heterocycles. The Balaban J connectivity index is 2.18. The molecule has 2 rings (SSSR count). The molecule has 0 saturated heterocycles. The van der Waals surface area contributed by atoms with Gasteiger partial charge in [0.1, 0.15) is 6.29 Å². The second kappa shape index (κ2) is 4.22. The third-order valence-corrected chi connectivity index (χ3v) is 2.48. The molecule has 16 heavy (non-hydrogen) atoms. The molecule has 5 nitrogen and oxygen atoms in total. The predicted octanol–water partition coefficient (Wildman–Crippen LogP) is 0.657. The molecule has 0 saturated carbocycles. The monoisotopic (exact) mass is 218 g/mol. The minimum absolute atomic E-state index is 0.283. The smallest absolute Gasteiger partial charge is 0.263 e. The lowest BCUT2D eigenvalue weighted by molar-refractivity contribution is -0.108. The number of unbranched alkanes of at least 4 members (excludes halogenated alkanes) is 1. The van der Waals surface area contributed by atoms with Crippen LogP contribution in [0.1, 0.15) is 33.6 Å². The Morgan fingerprint density at radius 3 is 2.69 bits per heavy atom. The first-order chi connectivity index (χ1) is 7.75. The van der Waals surface area contributed by atoms with Crippen LogP contribution in [0.5, 0.6) is 0 Å². The van der Waals surface area contributed by atoms with Gasteiger partial charge in [-0.15, -0.1) is 0 Å². The van der Waals surface area contributed by atoms with Crippen LogP contribution in [0.25, 0.3) is 0 Å². The molecule has 5 heteroatoms. The van der Waals surface area contributed by atoms with Gasteiger partial charge in [-0.25, -0.2) is 0 Å². The summed E-state index contributed by atoms with van der Waals surface area (Å²) in [6.07, 6.45) is 4.52. The molecular formula is C11H10N2O3. The first kappa shape index (κ1) is 10.5. The highest BCUT2D eigenvalue weighted by molar-refractivity contribution is 6.21. The Morgan fingerprint density at radius 1 is 1.25 bits per heavy atom. The van der Waals surface area contributed by atoms with Crippen molar-refractivity contribution >= 4 is 18.1 Å². The van der Waals surface area contributed by atoms with Gasteiger partial charge in [0.25, 0.3) is 11.8 Å². The highest BCUT2D eigenvalue weighted by Gasteiger charge is 2.34. The van der Waals surface area contributed by atoms with Gasteiger partial charge in [-0.1, -0.05) is 0 Å². The number of fused-ring (bicyclic) bond motifs is 1. The number of aldehydes is 1. The van der Waals surface area contributed by atoms with Gasteiger partial charge in [-0.05, 0) is 12.5 Å². The number of amides is 2. The first-order valence-corrected chi connectivity index (χ1v) is 4.99. The van der Waals surface area contributed by atoms with Crippen molar-refractivity contribution in [2.24, 2.45) is 0 Å². The lowest BCUT2D eigenvalue weighted by Gasteiger charge is -2.11. The highest BCUT2D eigenvalue weighted by Crippen LogP contribution is 2.21. The van der Waals surface area contributed by atoms with Crippen molar-refractivity contribution in [1.29, 1.82) is 0 Å². The highest BCUT2D eigenvalue weighted by atomic mass is 16.2. The van der Waals surface area contributed by atoms with Gasteiger partial charge in [0.2, 0.25) is 0 Å². The molecule has 0 radical (unpaired) electrons. The van der Waals surface area contributed by atoms with Crippen molar-refractivity contribution in [3.8, 4) is 0 Å². The number of hydrogen-bond acceptors (Lipinski definition) is 4. The van der Waals surface area contributed by atoms with E-state index in [0.717, 1.165) is 11.2 Å². The maximum absolute atomic E-state index is 11.8. The molecule has 1 aliphatic heterocycles. The van der Waals surface area contributed by atoms with E-state index in [0.29, 0.717) is 24.0 Å². The first-order valence-electron chi connectivity index (χ1n) is 4.99. The summed E-state index contributed by atoms with van der Waals surface area (Å²) in [6.45, 7) is 0.283. The van der Waals surface area contributed by atoms with Gasteiger partial charge in [-0.3, -0.25) is 19.5 Å². The van der Waals surface area contributed by atoms with Crippen molar-refractivity contribution in [3.05, 3.63) is 29.6 Å². The van der Waals surface area contributed by atoms with Crippen molar-refractivity contribution in [2.45, 2.75) is 12.8 Å². The zero-order valence-electron chi connectivity index (χ0n) is 8.55. The summed E-state index contributed by atoms with van der Waals surface area (Å²) >= 11 is 0. The van der Waals surface area contributed by atoms with Crippen LogP contribution in [-0.4, -0.2) is 34.5 Å². The summed E-state index contributed by atoms with van der Waals surface area (Å²) in [4.78, 5) is 38.7. The molecule has 0 aliphatic carbocycles. The van der Waals surface area contributed by atoms with E-state index < -0.39 is 0 Å². The number of pyridine rings is 1. The van der Waals surface area contributed by atoms with Crippen LogP contribution < -0.4 is 0 Å². The molecule has 0 atom stereocenters. The lowest BCUT2D eigenvalue weighted by atomic mass is 10.2. The number of hydrogen-bond donors (Lipinski definition) is 0.